The topological polar surface area (TPSA) is 58.2 Å². The van der Waals surface area contributed by atoms with E-state index in [1.54, 1.807) is 11.5 Å². The first kappa shape index (κ1) is 14.4. The molecule has 1 heterocycles. The summed E-state index contributed by atoms with van der Waals surface area (Å²) in [7, 11) is -3.88. The van der Waals surface area contributed by atoms with Crippen LogP contribution in [0.1, 0.15) is 12.1 Å². The third-order valence-corrected chi connectivity index (χ3v) is 5.71. The Morgan fingerprint density at radius 1 is 1.14 bits per heavy atom. The van der Waals surface area contributed by atoms with Crippen molar-refractivity contribution in [1.82, 2.24) is 0 Å². The summed E-state index contributed by atoms with van der Waals surface area (Å²) in [5.74, 6) is -0.200. The molecular formula is C15H16NO3S2+. The fourth-order valence-electron chi connectivity index (χ4n) is 2.54. The summed E-state index contributed by atoms with van der Waals surface area (Å²) in [6.45, 7) is 2.64. The molecule has 1 N–H and O–H groups in total. The summed E-state index contributed by atoms with van der Waals surface area (Å²) in [6.07, 6.45) is 0.412. The van der Waals surface area contributed by atoms with Crippen LogP contribution < -0.4 is 3.96 Å². The number of hydrogen-bond acceptors (Lipinski definition) is 3. The first-order chi connectivity index (χ1) is 9.96. The monoisotopic (exact) mass is 322 g/mol. The smallest absolute Gasteiger partial charge is 0.265 e. The number of fused-ring (bicyclic) bond motifs is 3. The molecule has 21 heavy (non-hydrogen) atoms. The van der Waals surface area contributed by atoms with Crippen molar-refractivity contribution in [3.05, 3.63) is 42.1 Å². The van der Waals surface area contributed by atoms with Gasteiger partial charge in [0, 0.05) is 18.7 Å². The fraction of sp³-hybridized carbons (Fsp3) is 0.267. The molecule has 0 aliphatic carbocycles. The minimum atomic E-state index is -3.88. The van der Waals surface area contributed by atoms with E-state index < -0.39 is 10.1 Å². The van der Waals surface area contributed by atoms with Crippen molar-refractivity contribution in [2.45, 2.75) is 19.9 Å². The second-order valence-corrected chi connectivity index (χ2v) is 7.69. The predicted octanol–water partition coefficient (Wildman–Crippen LogP) is 2.93. The van der Waals surface area contributed by atoms with Crippen LogP contribution in [0.25, 0.3) is 20.9 Å². The molecule has 0 saturated carbocycles. The van der Waals surface area contributed by atoms with Crippen LogP contribution in [0.2, 0.25) is 0 Å². The maximum atomic E-state index is 10.8. The van der Waals surface area contributed by atoms with Gasteiger partial charge in [0.25, 0.3) is 10.1 Å². The third-order valence-electron chi connectivity index (χ3n) is 3.61. The highest BCUT2D eigenvalue weighted by Gasteiger charge is 2.19. The lowest BCUT2D eigenvalue weighted by atomic mass is 10.1. The van der Waals surface area contributed by atoms with E-state index in [1.165, 1.54) is 20.9 Å². The zero-order chi connectivity index (χ0) is 15.0. The Kier molecular flexibility index (Phi) is 3.69. The van der Waals surface area contributed by atoms with Crippen LogP contribution in [0.15, 0.2) is 36.4 Å². The Bertz CT molecular complexity index is 913. The Hall–Kier alpha value is -1.50. The minimum Gasteiger partial charge on any atom is -0.286 e. The maximum Gasteiger partial charge on any atom is 0.265 e. The van der Waals surface area contributed by atoms with Gasteiger partial charge in [-0.15, -0.1) is 3.96 Å². The van der Waals surface area contributed by atoms with Crippen LogP contribution in [0, 0.1) is 6.92 Å². The maximum absolute atomic E-state index is 10.8. The van der Waals surface area contributed by atoms with Gasteiger partial charge < -0.3 is 0 Å². The summed E-state index contributed by atoms with van der Waals surface area (Å²) < 4.78 is 33.7. The number of aromatic nitrogens is 1. The van der Waals surface area contributed by atoms with Crippen LogP contribution in [0.4, 0.5) is 0 Å². The van der Waals surface area contributed by atoms with Gasteiger partial charge >= 0.3 is 0 Å². The first-order valence-electron chi connectivity index (χ1n) is 6.72. The molecule has 3 rings (SSSR count). The molecule has 0 bridgehead atoms. The van der Waals surface area contributed by atoms with E-state index in [2.05, 4.69) is 28.2 Å². The molecule has 0 amide bonds. The molecule has 2 aromatic carbocycles. The average molecular weight is 322 g/mol. The van der Waals surface area contributed by atoms with Gasteiger partial charge in [-0.25, -0.2) is 0 Å². The van der Waals surface area contributed by atoms with Crippen molar-refractivity contribution < 1.29 is 16.9 Å². The Balaban J connectivity index is 2.01. The van der Waals surface area contributed by atoms with Crippen molar-refractivity contribution >= 4 is 42.5 Å². The molecule has 0 aliphatic rings. The quantitative estimate of drug-likeness (QED) is 0.593. The van der Waals surface area contributed by atoms with Crippen LogP contribution in [0.5, 0.6) is 0 Å². The van der Waals surface area contributed by atoms with Gasteiger partial charge in [-0.1, -0.05) is 30.3 Å². The van der Waals surface area contributed by atoms with E-state index >= 15 is 0 Å². The highest BCUT2D eigenvalue weighted by molar-refractivity contribution is 7.85. The standard InChI is InChI=1S/C15H15NO3S2/c1-11-13-8-7-12-5-2-3-6-14(12)15(13)20-16(11)9-4-10-21(17,18)19/h2-3,5-8H,4,9-10H2,1H3/p+1. The molecule has 0 aliphatic heterocycles. The molecule has 0 radical (unpaired) electrons. The summed E-state index contributed by atoms with van der Waals surface area (Å²) in [6, 6.07) is 12.5. The van der Waals surface area contributed by atoms with Crippen LogP contribution in [0.3, 0.4) is 0 Å². The third kappa shape index (κ3) is 2.92. The minimum absolute atomic E-state index is 0.200. The SMILES string of the molecule is Cc1c2ccc3ccccc3c2s[n+]1CCCS(=O)(=O)O. The fourth-order valence-corrected chi connectivity index (χ4v) is 4.31. The summed E-state index contributed by atoms with van der Waals surface area (Å²) >= 11 is 1.64. The van der Waals surface area contributed by atoms with Gasteiger partial charge in [0.05, 0.1) is 11.1 Å². The zero-order valence-electron chi connectivity index (χ0n) is 11.6. The van der Waals surface area contributed by atoms with E-state index in [-0.39, 0.29) is 5.75 Å². The number of rotatable bonds is 4. The highest BCUT2D eigenvalue weighted by atomic mass is 32.2. The summed E-state index contributed by atoms with van der Waals surface area (Å²) in [4.78, 5) is 0. The molecule has 0 spiro atoms. The van der Waals surface area contributed by atoms with Gasteiger partial charge in [0.15, 0.2) is 6.54 Å². The van der Waals surface area contributed by atoms with Crippen molar-refractivity contribution in [3.63, 3.8) is 0 Å². The summed E-state index contributed by atoms with van der Waals surface area (Å²) in [5.41, 5.74) is 1.14. The Morgan fingerprint density at radius 3 is 2.67 bits per heavy atom. The van der Waals surface area contributed by atoms with Crippen LogP contribution in [-0.4, -0.2) is 18.7 Å². The van der Waals surface area contributed by atoms with Crippen LogP contribution >= 0.6 is 11.5 Å². The number of benzene rings is 2. The second kappa shape index (κ2) is 5.36. The van der Waals surface area contributed by atoms with E-state index in [4.69, 9.17) is 4.55 Å². The Labute approximate surface area is 127 Å². The van der Waals surface area contributed by atoms with Crippen molar-refractivity contribution in [1.29, 1.82) is 0 Å². The zero-order valence-corrected chi connectivity index (χ0v) is 13.2. The number of nitrogens with zero attached hydrogens (tertiary/aromatic N) is 1. The van der Waals surface area contributed by atoms with Gasteiger partial charge in [0.1, 0.15) is 16.2 Å². The second-order valence-electron chi connectivity index (χ2n) is 5.08. The largest absolute Gasteiger partial charge is 0.286 e. The van der Waals surface area contributed by atoms with Crippen LogP contribution in [-0.2, 0) is 16.7 Å². The van der Waals surface area contributed by atoms with E-state index in [0.29, 0.717) is 13.0 Å². The molecule has 0 fully saturated rings. The Morgan fingerprint density at radius 2 is 1.90 bits per heavy atom. The molecule has 0 saturated heterocycles. The van der Waals surface area contributed by atoms with Gasteiger partial charge in [-0.05, 0) is 11.5 Å². The molecule has 1 aromatic heterocycles. The molecule has 110 valence electrons. The lowest BCUT2D eigenvalue weighted by Crippen LogP contribution is -2.32. The summed E-state index contributed by atoms with van der Waals surface area (Å²) in [5, 5.41) is 3.62. The predicted molar refractivity (Wildman–Crippen MR) is 85.3 cm³/mol. The molecular weight excluding hydrogens is 306 g/mol. The van der Waals surface area contributed by atoms with E-state index in [0.717, 1.165) is 5.69 Å². The number of hydrogen-bond donors (Lipinski definition) is 1. The average Bonchev–Trinajstić information content (AvgIpc) is 2.75. The van der Waals surface area contributed by atoms with Crippen molar-refractivity contribution in [2.24, 2.45) is 0 Å². The van der Waals surface area contributed by atoms with E-state index in [1.807, 2.05) is 19.1 Å². The lowest BCUT2D eigenvalue weighted by molar-refractivity contribution is -0.634. The molecule has 0 atom stereocenters. The molecule has 0 unspecified atom stereocenters. The molecule has 4 nitrogen and oxygen atoms in total. The van der Waals surface area contributed by atoms with E-state index in [9.17, 15) is 8.42 Å². The first-order valence-corrected chi connectivity index (χ1v) is 9.10. The van der Waals surface area contributed by atoms with Gasteiger partial charge in [0.2, 0.25) is 5.69 Å². The molecule has 3 aromatic rings. The molecule has 6 heteroatoms. The van der Waals surface area contributed by atoms with Gasteiger partial charge in [-0.2, -0.15) is 8.42 Å². The van der Waals surface area contributed by atoms with Crippen molar-refractivity contribution in [3.8, 4) is 0 Å². The highest BCUT2D eigenvalue weighted by Crippen LogP contribution is 2.29. The van der Waals surface area contributed by atoms with Gasteiger partial charge in [-0.3, -0.25) is 4.55 Å². The lowest BCUT2D eigenvalue weighted by Gasteiger charge is -1.95. The van der Waals surface area contributed by atoms with Crippen molar-refractivity contribution in [2.75, 3.05) is 5.75 Å². The number of aryl methyl sites for hydroxylation is 2. The normalized spacial score (nSPS) is 12.3.